The third kappa shape index (κ3) is 4.64. The Kier molecular flexibility index (Phi) is 6.25. The molecule has 1 heterocycles. The van der Waals surface area contributed by atoms with Gasteiger partial charge in [0.25, 0.3) is 5.91 Å². The second kappa shape index (κ2) is 9.96. The van der Waals surface area contributed by atoms with Crippen molar-refractivity contribution in [2.45, 2.75) is 13.1 Å². The van der Waals surface area contributed by atoms with E-state index >= 15 is 0 Å². The molecule has 166 valence electrons. The third-order valence-corrected chi connectivity index (χ3v) is 5.64. The lowest BCUT2D eigenvalue weighted by atomic mass is 10.1. The lowest BCUT2D eigenvalue weighted by molar-refractivity contribution is 0.0724. The van der Waals surface area contributed by atoms with Gasteiger partial charge >= 0.3 is 0 Å². The molecule has 5 rings (SSSR count). The maximum Gasteiger partial charge on any atom is 0.277 e. The molecule has 0 aliphatic carbocycles. The van der Waals surface area contributed by atoms with E-state index in [9.17, 15) is 4.79 Å². The molecule has 5 aromatic rings. The Morgan fingerprint density at radius 2 is 1.12 bits per heavy atom. The quantitative estimate of drug-likeness (QED) is 0.320. The highest BCUT2D eigenvalue weighted by atomic mass is 16.2. The van der Waals surface area contributed by atoms with E-state index in [-0.39, 0.29) is 5.91 Å². The van der Waals surface area contributed by atoms with Gasteiger partial charge in [-0.1, -0.05) is 114 Å². The molecule has 0 aliphatic rings. The highest BCUT2D eigenvalue weighted by Crippen LogP contribution is 2.27. The van der Waals surface area contributed by atoms with Gasteiger partial charge in [0.15, 0.2) is 5.69 Å². The molecule has 0 radical (unpaired) electrons. The first-order chi connectivity index (χ1) is 16.8. The highest BCUT2D eigenvalue weighted by molar-refractivity contribution is 5.98. The van der Waals surface area contributed by atoms with Crippen LogP contribution < -0.4 is 0 Å². The first-order valence-electron chi connectivity index (χ1n) is 11.2. The SMILES string of the molecule is O=C(c1nnn(-c2ccccc2)c1-c1ccccc1)N(Cc1ccccc1)Cc1ccccc1. The van der Waals surface area contributed by atoms with E-state index in [0.29, 0.717) is 24.5 Å². The Morgan fingerprint density at radius 1 is 0.647 bits per heavy atom. The zero-order chi connectivity index (χ0) is 23.2. The molecule has 0 saturated heterocycles. The molecule has 0 spiro atoms. The average molecular weight is 445 g/mol. The molecule has 0 unspecified atom stereocenters. The van der Waals surface area contributed by atoms with E-state index < -0.39 is 0 Å². The fraction of sp³-hybridized carbons (Fsp3) is 0.0690. The maximum atomic E-state index is 14.0. The fourth-order valence-corrected chi connectivity index (χ4v) is 3.99. The van der Waals surface area contributed by atoms with Crippen LogP contribution >= 0.6 is 0 Å². The summed E-state index contributed by atoms with van der Waals surface area (Å²) in [7, 11) is 0. The van der Waals surface area contributed by atoms with Crippen molar-refractivity contribution in [3.63, 3.8) is 0 Å². The maximum absolute atomic E-state index is 14.0. The van der Waals surface area contributed by atoms with Crippen molar-refractivity contribution in [1.29, 1.82) is 0 Å². The normalized spacial score (nSPS) is 10.7. The molecule has 5 heteroatoms. The lowest BCUT2D eigenvalue weighted by Crippen LogP contribution is -2.31. The van der Waals surface area contributed by atoms with Crippen molar-refractivity contribution < 1.29 is 4.79 Å². The van der Waals surface area contributed by atoms with Crippen LogP contribution in [0.4, 0.5) is 0 Å². The second-order valence-corrected chi connectivity index (χ2v) is 8.03. The number of amides is 1. The van der Waals surface area contributed by atoms with Crippen LogP contribution in [-0.4, -0.2) is 25.8 Å². The Morgan fingerprint density at radius 3 is 1.65 bits per heavy atom. The summed E-state index contributed by atoms with van der Waals surface area (Å²) in [6.07, 6.45) is 0. The molecule has 1 amide bonds. The van der Waals surface area contributed by atoms with Crippen molar-refractivity contribution in [2.75, 3.05) is 0 Å². The summed E-state index contributed by atoms with van der Waals surface area (Å²) in [5.74, 6) is -0.159. The number of nitrogens with zero attached hydrogens (tertiary/aromatic N) is 4. The minimum atomic E-state index is -0.159. The monoisotopic (exact) mass is 444 g/mol. The summed E-state index contributed by atoms with van der Waals surface area (Å²) >= 11 is 0. The zero-order valence-electron chi connectivity index (χ0n) is 18.7. The van der Waals surface area contributed by atoms with Crippen LogP contribution in [-0.2, 0) is 13.1 Å². The number of carbonyl (C=O) groups is 1. The summed E-state index contributed by atoms with van der Waals surface area (Å²) < 4.78 is 1.74. The summed E-state index contributed by atoms with van der Waals surface area (Å²) in [6, 6.07) is 39.6. The van der Waals surface area contributed by atoms with E-state index in [0.717, 1.165) is 22.4 Å². The number of para-hydroxylation sites is 1. The molecular formula is C29H24N4O. The van der Waals surface area contributed by atoms with Crippen molar-refractivity contribution >= 4 is 5.91 Å². The standard InChI is InChI=1S/C29H24N4O/c34-29(32(21-23-13-5-1-6-14-23)22-24-15-7-2-8-16-24)27-28(25-17-9-3-10-18-25)33(31-30-27)26-19-11-4-12-20-26/h1-20H,21-22H2. The molecule has 0 atom stereocenters. The second-order valence-electron chi connectivity index (χ2n) is 8.03. The number of rotatable bonds is 7. The van der Waals surface area contributed by atoms with Crippen molar-refractivity contribution in [2.24, 2.45) is 0 Å². The topological polar surface area (TPSA) is 51.0 Å². The third-order valence-electron chi connectivity index (χ3n) is 5.64. The van der Waals surface area contributed by atoms with Gasteiger partial charge in [-0.3, -0.25) is 4.79 Å². The predicted molar refractivity (Wildman–Crippen MR) is 133 cm³/mol. The molecule has 0 saturated carbocycles. The average Bonchev–Trinajstić information content (AvgIpc) is 3.35. The van der Waals surface area contributed by atoms with Gasteiger partial charge in [-0.05, 0) is 23.3 Å². The molecule has 0 N–H and O–H groups in total. The van der Waals surface area contributed by atoms with E-state index in [4.69, 9.17) is 0 Å². The minimum Gasteiger partial charge on any atom is -0.329 e. The number of carbonyl (C=O) groups excluding carboxylic acids is 1. The summed E-state index contributed by atoms with van der Waals surface area (Å²) in [4.78, 5) is 15.8. The van der Waals surface area contributed by atoms with E-state index in [1.165, 1.54) is 0 Å². The molecule has 0 fully saturated rings. The zero-order valence-corrected chi connectivity index (χ0v) is 18.7. The Balaban J connectivity index is 1.58. The molecule has 0 bridgehead atoms. The van der Waals surface area contributed by atoms with Crippen LogP contribution in [0.3, 0.4) is 0 Å². The number of benzene rings is 4. The molecule has 5 nitrogen and oxygen atoms in total. The number of hydrogen-bond donors (Lipinski definition) is 0. The van der Waals surface area contributed by atoms with Crippen LogP contribution in [0.15, 0.2) is 121 Å². The van der Waals surface area contributed by atoms with Gasteiger partial charge in [-0.25, -0.2) is 4.68 Å². The molecular weight excluding hydrogens is 420 g/mol. The highest BCUT2D eigenvalue weighted by Gasteiger charge is 2.26. The molecule has 34 heavy (non-hydrogen) atoms. The molecule has 1 aromatic heterocycles. The minimum absolute atomic E-state index is 0.159. The van der Waals surface area contributed by atoms with E-state index in [2.05, 4.69) is 10.3 Å². The number of aromatic nitrogens is 3. The lowest BCUT2D eigenvalue weighted by Gasteiger charge is -2.23. The van der Waals surface area contributed by atoms with Crippen LogP contribution in [0.5, 0.6) is 0 Å². The van der Waals surface area contributed by atoms with Gasteiger partial charge < -0.3 is 4.90 Å². The van der Waals surface area contributed by atoms with Crippen LogP contribution in [0.25, 0.3) is 16.9 Å². The Bertz CT molecular complexity index is 1310. The van der Waals surface area contributed by atoms with Gasteiger partial charge in [0.1, 0.15) is 5.69 Å². The summed E-state index contributed by atoms with van der Waals surface area (Å²) in [5, 5.41) is 8.79. The van der Waals surface area contributed by atoms with Gasteiger partial charge in [0.05, 0.1) is 5.69 Å². The van der Waals surface area contributed by atoms with Crippen LogP contribution in [0.2, 0.25) is 0 Å². The van der Waals surface area contributed by atoms with Gasteiger partial charge in [0, 0.05) is 18.7 Å². The van der Waals surface area contributed by atoms with E-state index in [1.807, 2.05) is 126 Å². The molecule has 0 aliphatic heterocycles. The summed E-state index contributed by atoms with van der Waals surface area (Å²) in [5.41, 5.74) is 4.88. The molecule has 4 aromatic carbocycles. The Labute approximate surface area is 198 Å². The van der Waals surface area contributed by atoms with Gasteiger partial charge in [-0.2, -0.15) is 0 Å². The smallest absolute Gasteiger partial charge is 0.277 e. The van der Waals surface area contributed by atoms with Crippen molar-refractivity contribution in [1.82, 2.24) is 19.9 Å². The van der Waals surface area contributed by atoms with Crippen molar-refractivity contribution in [3.05, 3.63) is 138 Å². The van der Waals surface area contributed by atoms with Gasteiger partial charge in [0.2, 0.25) is 0 Å². The first kappa shape index (κ1) is 21.3. The van der Waals surface area contributed by atoms with Gasteiger partial charge in [-0.15, -0.1) is 5.10 Å². The Hall–Kier alpha value is -4.51. The van der Waals surface area contributed by atoms with Crippen LogP contribution in [0, 0.1) is 0 Å². The largest absolute Gasteiger partial charge is 0.329 e. The predicted octanol–water partition coefficient (Wildman–Crippen LogP) is 5.78. The van der Waals surface area contributed by atoms with Crippen LogP contribution in [0.1, 0.15) is 21.6 Å². The van der Waals surface area contributed by atoms with Crippen molar-refractivity contribution in [3.8, 4) is 16.9 Å². The first-order valence-corrected chi connectivity index (χ1v) is 11.2. The van der Waals surface area contributed by atoms with E-state index in [1.54, 1.807) is 4.68 Å². The number of hydrogen-bond acceptors (Lipinski definition) is 3. The fourth-order valence-electron chi connectivity index (χ4n) is 3.99. The summed E-state index contributed by atoms with van der Waals surface area (Å²) in [6.45, 7) is 0.946.